The SMILES string of the molecule is CC(C)N(CC(N)=O)CC(=O)N1CCO[C@H]2CCCC[C@H]21. The van der Waals surface area contributed by atoms with Crippen LogP contribution < -0.4 is 5.73 Å². The van der Waals surface area contributed by atoms with E-state index in [2.05, 4.69) is 0 Å². The largest absolute Gasteiger partial charge is 0.374 e. The third-order valence-electron chi connectivity index (χ3n) is 4.48. The molecular formula is C15H27N3O3. The van der Waals surface area contributed by atoms with Gasteiger partial charge in [-0.15, -0.1) is 0 Å². The van der Waals surface area contributed by atoms with Gasteiger partial charge in [-0.1, -0.05) is 12.8 Å². The Morgan fingerprint density at radius 3 is 2.67 bits per heavy atom. The van der Waals surface area contributed by atoms with Crippen LogP contribution in [0.2, 0.25) is 0 Å². The summed E-state index contributed by atoms with van der Waals surface area (Å²) in [5.74, 6) is -0.306. The van der Waals surface area contributed by atoms with E-state index in [0.717, 1.165) is 19.3 Å². The molecule has 2 N–H and O–H groups in total. The molecular weight excluding hydrogens is 270 g/mol. The maximum absolute atomic E-state index is 12.6. The van der Waals surface area contributed by atoms with Crippen LogP contribution >= 0.6 is 0 Å². The first-order valence-corrected chi connectivity index (χ1v) is 7.92. The molecule has 6 heteroatoms. The van der Waals surface area contributed by atoms with Crippen LogP contribution in [0.15, 0.2) is 0 Å². The van der Waals surface area contributed by atoms with Gasteiger partial charge < -0.3 is 15.4 Å². The molecule has 21 heavy (non-hydrogen) atoms. The smallest absolute Gasteiger partial charge is 0.237 e. The normalized spacial score (nSPS) is 26.0. The maximum atomic E-state index is 12.6. The van der Waals surface area contributed by atoms with Crippen molar-refractivity contribution in [1.29, 1.82) is 0 Å². The number of carbonyl (C=O) groups is 2. The summed E-state index contributed by atoms with van der Waals surface area (Å²) in [7, 11) is 0. The van der Waals surface area contributed by atoms with E-state index in [-0.39, 0.29) is 37.2 Å². The van der Waals surface area contributed by atoms with E-state index in [1.807, 2.05) is 23.6 Å². The molecule has 0 bridgehead atoms. The minimum atomic E-state index is -0.394. The molecule has 2 amide bonds. The second-order valence-electron chi connectivity index (χ2n) is 6.31. The molecule has 0 aromatic carbocycles. The molecule has 2 atom stereocenters. The zero-order valence-electron chi connectivity index (χ0n) is 13.1. The molecule has 0 spiro atoms. The van der Waals surface area contributed by atoms with E-state index in [4.69, 9.17) is 10.5 Å². The van der Waals surface area contributed by atoms with Crippen molar-refractivity contribution in [2.45, 2.75) is 57.7 Å². The predicted molar refractivity (Wildman–Crippen MR) is 79.6 cm³/mol. The second-order valence-corrected chi connectivity index (χ2v) is 6.31. The number of hydrogen-bond donors (Lipinski definition) is 1. The minimum Gasteiger partial charge on any atom is -0.374 e. The zero-order valence-corrected chi connectivity index (χ0v) is 13.1. The first-order valence-electron chi connectivity index (χ1n) is 7.92. The molecule has 120 valence electrons. The Hall–Kier alpha value is -1.14. The van der Waals surface area contributed by atoms with Gasteiger partial charge in [0.25, 0.3) is 0 Å². The number of morpholine rings is 1. The van der Waals surface area contributed by atoms with Gasteiger partial charge in [-0.2, -0.15) is 0 Å². The molecule has 6 nitrogen and oxygen atoms in total. The Kier molecular flexibility index (Phi) is 5.58. The molecule has 1 saturated carbocycles. The van der Waals surface area contributed by atoms with Gasteiger partial charge in [-0.05, 0) is 26.7 Å². The van der Waals surface area contributed by atoms with Gasteiger partial charge >= 0.3 is 0 Å². The summed E-state index contributed by atoms with van der Waals surface area (Å²) in [5, 5.41) is 0. The lowest BCUT2D eigenvalue weighted by Gasteiger charge is -2.44. The van der Waals surface area contributed by atoms with Crippen LogP contribution in [0.1, 0.15) is 39.5 Å². The van der Waals surface area contributed by atoms with Crippen LogP contribution in [0.5, 0.6) is 0 Å². The molecule has 1 aliphatic carbocycles. The van der Waals surface area contributed by atoms with Gasteiger partial charge in [0.15, 0.2) is 0 Å². The molecule has 1 saturated heterocycles. The van der Waals surface area contributed by atoms with Crippen molar-refractivity contribution < 1.29 is 14.3 Å². The first-order chi connectivity index (χ1) is 9.99. The summed E-state index contributed by atoms with van der Waals surface area (Å²) in [6.45, 7) is 5.59. The summed E-state index contributed by atoms with van der Waals surface area (Å²) in [6, 6.07) is 0.326. The van der Waals surface area contributed by atoms with Crippen LogP contribution in [0.3, 0.4) is 0 Å². The van der Waals surface area contributed by atoms with Gasteiger partial charge in [-0.25, -0.2) is 0 Å². The third kappa shape index (κ3) is 4.17. The van der Waals surface area contributed by atoms with Crippen molar-refractivity contribution in [1.82, 2.24) is 9.80 Å². The predicted octanol–water partition coefficient (Wildman–Crippen LogP) is 0.352. The lowest BCUT2D eigenvalue weighted by atomic mass is 9.90. The lowest BCUT2D eigenvalue weighted by Crippen LogP contribution is -2.57. The number of nitrogens with zero attached hydrogens (tertiary/aromatic N) is 2. The van der Waals surface area contributed by atoms with E-state index in [9.17, 15) is 9.59 Å². The standard InChI is InChI=1S/C15H27N3O3/c1-11(2)17(9-14(16)19)10-15(20)18-7-8-21-13-6-4-3-5-12(13)18/h11-13H,3-10H2,1-2H3,(H2,16,19)/t12-,13+/m1/s1. The molecule has 0 aromatic heterocycles. The minimum absolute atomic E-state index is 0.0881. The van der Waals surface area contributed by atoms with Crippen molar-refractivity contribution in [2.75, 3.05) is 26.2 Å². The molecule has 0 radical (unpaired) electrons. The summed E-state index contributed by atoms with van der Waals surface area (Å²) in [5.41, 5.74) is 5.27. The van der Waals surface area contributed by atoms with Gasteiger partial charge in [0.05, 0.1) is 31.8 Å². The molecule has 1 heterocycles. The number of ether oxygens (including phenoxy) is 1. The fourth-order valence-corrected chi connectivity index (χ4v) is 3.29. The summed E-state index contributed by atoms with van der Waals surface area (Å²) < 4.78 is 5.80. The Morgan fingerprint density at radius 1 is 1.29 bits per heavy atom. The van der Waals surface area contributed by atoms with Gasteiger partial charge in [0, 0.05) is 12.6 Å². The number of primary amides is 1. The summed E-state index contributed by atoms with van der Waals surface area (Å²) in [6.07, 6.45) is 4.60. The molecule has 2 rings (SSSR count). The summed E-state index contributed by atoms with van der Waals surface area (Å²) in [4.78, 5) is 27.6. The quantitative estimate of drug-likeness (QED) is 0.794. The van der Waals surface area contributed by atoms with E-state index in [1.165, 1.54) is 6.42 Å². The van der Waals surface area contributed by atoms with E-state index in [0.29, 0.717) is 13.2 Å². The number of amides is 2. The van der Waals surface area contributed by atoms with Crippen molar-refractivity contribution in [3.63, 3.8) is 0 Å². The Bertz CT molecular complexity index is 384. The Labute approximate surface area is 126 Å². The highest BCUT2D eigenvalue weighted by molar-refractivity contribution is 5.81. The maximum Gasteiger partial charge on any atom is 0.237 e. The van der Waals surface area contributed by atoms with Crippen LogP contribution in [0.4, 0.5) is 0 Å². The Morgan fingerprint density at radius 2 is 2.00 bits per heavy atom. The molecule has 0 unspecified atom stereocenters. The monoisotopic (exact) mass is 297 g/mol. The number of rotatable bonds is 5. The number of nitrogens with two attached hydrogens (primary N) is 1. The average molecular weight is 297 g/mol. The van der Waals surface area contributed by atoms with Crippen molar-refractivity contribution in [3.8, 4) is 0 Å². The number of fused-ring (bicyclic) bond motifs is 1. The van der Waals surface area contributed by atoms with Gasteiger partial charge in [0.1, 0.15) is 0 Å². The zero-order chi connectivity index (χ0) is 15.4. The third-order valence-corrected chi connectivity index (χ3v) is 4.48. The average Bonchev–Trinajstić information content (AvgIpc) is 2.45. The lowest BCUT2D eigenvalue weighted by molar-refractivity contribution is -0.151. The molecule has 2 aliphatic rings. The van der Waals surface area contributed by atoms with Crippen LogP contribution in [0.25, 0.3) is 0 Å². The summed E-state index contributed by atoms with van der Waals surface area (Å²) >= 11 is 0. The fraction of sp³-hybridized carbons (Fsp3) is 0.867. The molecule has 0 aromatic rings. The highest BCUT2D eigenvalue weighted by Gasteiger charge is 2.37. The highest BCUT2D eigenvalue weighted by atomic mass is 16.5. The van der Waals surface area contributed by atoms with Gasteiger partial charge in [-0.3, -0.25) is 14.5 Å². The van der Waals surface area contributed by atoms with Gasteiger partial charge in [0.2, 0.25) is 11.8 Å². The van der Waals surface area contributed by atoms with Crippen molar-refractivity contribution >= 4 is 11.8 Å². The van der Waals surface area contributed by atoms with Crippen molar-refractivity contribution in [2.24, 2.45) is 5.73 Å². The Balaban J connectivity index is 1.98. The number of carbonyl (C=O) groups excluding carboxylic acids is 2. The van der Waals surface area contributed by atoms with E-state index >= 15 is 0 Å². The number of hydrogen-bond acceptors (Lipinski definition) is 4. The fourth-order valence-electron chi connectivity index (χ4n) is 3.29. The molecule has 2 fully saturated rings. The van der Waals surface area contributed by atoms with Crippen molar-refractivity contribution in [3.05, 3.63) is 0 Å². The first kappa shape index (κ1) is 16.2. The van der Waals surface area contributed by atoms with E-state index < -0.39 is 5.91 Å². The molecule has 1 aliphatic heterocycles. The second kappa shape index (κ2) is 7.22. The van der Waals surface area contributed by atoms with Crippen LogP contribution in [-0.4, -0.2) is 66.0 Å². The van der Waals surface area contributed by atoms with E-state index in [1.54, 1.807) is 0 Å². The highest BCUT2D eigenvalue weighted by Crippen LogP contribution is 2.28. The van der Waals surface area contributed by atoms with Crippen LogP contribution in [-0.2, 0) is 14.3 Å². The topological polar surface area (TPSA) is 75.9 Å². The van der Waals surface area contributed by atoms with Crippen LogP contribution in [0, 0.1) is 0 Å².